The molecule has 0 aliphatic rings. The summed E-state index contributed by atoms with van der Waals surface area (Å²) in [6, 6.07) is 36.8. The molecule has 4 heteroatoms. The van der Waals surface area contributed by atoms with Gasteiger partial charge in [0.15, 0.2) is 11.0 Å². The minimum absolute atomic E-state index is 0. The van der Waals surface area contributed by atoms with E-state index in [1.165, 1.54) is 43.7 Å². The van der Waals surface area contributed by atoms with Crippen LogP contribution in [0.1, 0.15) is 11.1 Å². The molecular weight excluding hydrogens is 484 g/mol. The summed E-state index contributed by atoms with van der Waals surface area (Å²) in [7, 11) is 1.72. The molecule has 34 heavy (non-hydrogen) atoms. The van der Waals surface area contributed by atoms with Gasteiger partial charge in [-0.3, -0.25) is 0 Å². The second-order valence-corrected chi connectivity index (χ2v) is 8.59. The van der Waals surface area contributed by atoms with E-state index in [0.29, 0.717) is 0 Å². The summed E-state index contributed by atoms with van der Waals surface area (Å²) < 4.78 is 10.2. The van der Waals surface area contributed by atoms with Crippen LogP contribution < -0.4 is 26.3 Å². The van der Waals surface area contributed by atoms with E-state index in [0.717, 1.165) is 18.8 Å². The zero-order valence-corrected chi connectivity index (χ0v) is 20.6. The van der Waals surface area contributed by atoms with Gasteiger partial charge in [0.1, 0.15) is 18.8 Å². The van der Waals surface area contributed by atoms with Gasteiger partial charge >= 0.3 is 0 Å². The van der Waals surface area contributed by atoms with Crippen LogP contribution in [0.25, 0.3) is 32.6 Å². The van der Waals surface area contributed by atoms with E-state index >= 15 is 0 Å². The Kier molecular flexibility index (Phi) is 6.08. The summed E-state index contributed by atoms with van der Waals surface area (Å²) in [5.74, 6) is 0.873. The summed E-state index contributed by atoms with van der Waals surface area (Å²) in [6.45, 7) is 1.62. The number of imidazole rings is 1. The first-order valence-electron chi connectivity index (χ1n) is 11.3. The predicted octanol–water partition coefficient (Wildman–Crippen LogP) is 3.34. The molecule has 0 aliphatic heterocycles. The molecule has 6 aromatic rings. The summed E-state index contributed by atoms with van der Waals surface area (Å²) in [4.78, 5) is 0. The van der Waals surface area contributed by atoms with Crippen molar-refractivity contribution >= 4 is 32.6 Å². The Balaban J connectivity index is 0.00000241. The van der Waals surface area contributed by atoms with Crippen molar-refractivity contribution in [2.45, 2.75) is 13.1 Å². The number of hydrogen-bond acceptors (Lipinski definition) is 1. The van der Waals surface area contributed by atoms with E-state index in [1.54, 1.807) is 7.11 Å². The molecule has 0 aliphatic carbocycles. The predicted molar refractivity (Wildman–Crippen MR) is 135 cm³/mol. The third-order valence-electron chi connectivity index (χ3n) is 6.41. The van der Waals surface area contributed by atoms with Gasteiger partial charge in [-0.25, -0.2) is 9.13 Å². The number of methoxy groups -OCH3 is 1. The van der Waals surface area contributed by atoms with Crippen LogP contribution in [-0.2, 0) is 13.1 Å². The quantitative estimate of drug-likeness (QED) is 0.326. The third kappa shape index (κ3) is 4.17. The summed E-state index contributed by atoms with van der Waals surface area (Å²) in [6.07, 6.45) is 2.23. The van der Waals surface area contributed by atoms with Crippen LogP contribution in [0.15, 0.2) is 109 Å². The van der Waals surface area contributed by atoms with Gasteiger partial charge in [0.05, 0.1) is 7.11 Å². The lowest BCUT2D eigenvalue weighted by Crippen LogP contribution is -3.00. The first-order valence-corrected chi connectivity index (χ1v) is 11.3. The molecule has 0 bridgehead atoms. The van der Waals surface area contributed by atoms with Crippen molar-refractivity contribution in [3.63, 3.8) is 0 Å². The molecule has 5 aromatic carbocycles. The summed E-state index contributed by atoms with van der Waals surface area (Å²) in [5, 5.41) is 5.09. The second kappa shape index (κ2) is 9.32. The van der Waals surface area contributed by atoms with Crippen LogP contribution in [0.3, 0.4) is 0 Å². The fourth-order valence-corrected chi connectivity index (χ4v) is 4.72. The zero-order chi connectivity index (χ0) is 22.2. The highest BCUT2D eigenvalue weighted by Crippen LogP contribution is 2.23. The van der Waals surface area contributed by atoms with Gasteiger partial charge in [-0.15, -0.1) is 0 Å². The lowest BCUT2D eigenvalue weighted by molar-refractivity contribution is -0.663. The van der Waals surface area contributed by atoms with Crippen molar-refractivity contribution < 1.29 is 26.3 Å². The molecule has 0 saturated heterocycles. The van der Waals surface area contributed by atoms with Gasteiger partial charge < -0.3 is 21.7 Å². The topological polar surface area (TPSA) is 18.0 Å². The summed E-state index contributed by atoms with van der Waals surface area (Å²) >= 11 is 0. The zero-order valence-electron chi connectivity index (χ0n) is 19.0. The van der Waals surface area contributed by atoms with Gasteiger partial charge in [0, 0.05) is 6.07 Å². The van der Waals surface area contributed by atoms with Crippen molar-refractivity contribution in [3.8, 4) is 5.75 Å². The molecule has 0 unspecified atom stereocenters. The number of rotatable bonds is 5. The van der Waals surface area contributed by atoms with Crippen molar-refractivity contribution in [1.82, 2.24) is 4.57 Å². The van der Waals surface area contributed by atoms with Crippen molar-refractivity contribution in [2.24, 2.45) is 0 Å². The minimum Gasteiger partial charge on any atom is -1.00 e. The Hall–Kier alpha value is -3.63. The number of halogens is 1. The molecule has 0 saturated carbocycles. The highest BCUT2D eigenvalue weighted by Gasteiger charge is 2.18. The maximum absolute atomic E-state index is 5.54. The van der Waals surface area contributed by atoms with E-state index < -0.39 is 0 Å². The van der Waals surface area contributed by atoms with Crippen LogP contribution in [0, 0.1) is 0 Å². The molecule has 168 valence electrons. The molecule has 0 N–H and O–H groups in total. The van der Waals surface area contributed by atoms with Gasteiger partial charge in [-0.2, -0.15) is 0 Å². The lowest BCUT2D eigenvalue weighted by Gasteiger charge is -2.03. The maximum atomic E-state index is 5.54. The Labute approximate surface area is 209 Å². The summed E-state index contributed by atoms with van der Waals surface area (Å²) in [5.41, 5.74) is 4.94. The van der Waals surface area contributed by atoms with Gasteiger partial charge in [-0.1, -0.05) is 72.8 Å². The van der Waals surface area contributed by atoms with Gasteiger partial charge in [0.2, 0.25) is 6.33 Å². The van der Waals surface area contributed by atoms with E-state index in [9.17, 15) is 0 Å². The van der Waals surface area contributed by atoms with Crippen LogP contribution in [0.2, 0.25) is 0 Å². The minimum atomic E-state index is 0. The van der Waals surface area contributed by atoms with Gasteiger partial charge in [-0.05, 0) is 56.9 Å². The number of nitrogens with zero attached hydrogens (tertiary/aromatic N) is 2. The van der Waals surface area contributed by atoms with Crippen LogP contribution in [0.5, 0.6) is 5.75 Å². The van der Waals surface area contributed by atoms with E-state index in [1.807, 2.05) is 6.07 Å². The Morgan fingerprint density at radius 1 is 0.676 bits per heavy atom. The van der Waals surface area contributed by atoms with Crippen LogP contribution in [0.4, 0.5) is 0 Å². The smallest absolute Gasteiger partial charge is 0.245 e. The van der Waals surface area contributed by atoms with E-state index in [4.69, 9.17) is 4.74 Å². The highest BCUT2D eigenvalue weighted by molar-refractivity contribution is 5.84. The fraction of sp³-hybridized carbons (Fsp3) is 0.100. The highest BCUT2D eigenvalue weighted by atomic mass is 79.9. The molecule has 0 fully saturated rings. The normalized spacial score (nSPS) is 11.1. The molecule has 3 nitrogen and oxygen atoms in total. The van der Waals surface area contributed by atoms with Crippen molar-refractivity contribution in [1.29, 1.82) is 0 Å². The fourth-order valence-electron chi connectivity index (χ4n) is 4.72. The number of ether oxygens (including phenoxy) is 1. The molecule has 6 rings (SSSR count). The van der Waals surface area contributed by atoms with Crippen molar-refractivity contribution in [2.75, 3.05) is 7.11 Å². The first kappa shape index (κ1) is 22.2. The molecule has 1 aromatic heterocycles. The molecular formula is C30H25BrN2O. The average Bonchev–Trinajstić information content (AvgIpc) is 3.19. The number of fused-ring (bicyclic) bond motifs is 3. The Bertz CT molecular complexity index is 1620. The first-order chi connectivity index (χ1) is 16.3. The largest absolute Gasteiger partial charge is 1.00 e. The maximum Gasteiger partial charge on any atom is 0.245 e. The van der Waals surface area contributed by atoms with Crippen LogP contribution >= 0.6 is 0 Å². The monoisotopic (exact) mass is 508 g/mol. The molecule has 0 radical (unpaired) electrons. The van der Waals surface area contributed by atoms with Crippen LogP contribution in [-0.4, -0.2) is 11.7 Å². The second-order valence-electron chi connectivity index (χ2n) is 8.59. The van der Waals surface area contributed by atoms with Gasteiger partial charge in [0.25, 0.3) is 0 Å². The number of benzene rings is 5. The molecule has 0 atom stereocenters. The SMILES string of the molecule is COc1ccc2c(c1)n(Cc1ccc3ccccc3c1)c[n+]2Cc1ccc2ccccc2c1.[Br-]. The Morgan fingerprint density at radius 2 is 1.29 bits per heavy atom. The third-order valence-corrected chi connectivity index (χ3v) is 6.41. The van der Waals surface area contributed by atoms with Crippen molar-refractivity contribution in [3.05, 3.63) is 121 Å². The molecule has 0 amide bonds. The van der Waals surface area contributed by atoms with E-state index in [-0.39, 0.29) is 17.0 Å². The molecule has 1 heterocycles. The van der Waals surface area contributed by atoms with E-state index in [2.05, 4.69) is 113 Å². The lowest BCUT2D eigenvalue weighted by atomic mass is 10.1. The molecule has 0 spiro atoms. The average molecular weight is 509 g/mol. The standard InChI is InChI=1S/C30H25N2O.BrH/c1-33-28-14-15-29-30(18-28)32(20-23-11-13-25-7-3-5-9-27(25)17-23)21-31(29)19-22-10-12-24-6-2-4-8-26(24)16-22;/h2-18,21H,19-20H2,1H3;1H/q+1;/p-1. The number of hydrogen-bond donors (Lipinski definition) is 0. The Morgan fingerprint density at radius 3 is 1.97 bits per heavy atom. The number of aromatic nitrogens is 2.